The number of urea groups is 1. The number of carbonyl (C=O) groups is 1. The van der Waals surface area contributed by atoms with E-state index in [0.717, 1.165) is 37.3 Å². The summed E-state index contributed by atoms with van der Waals surface area (Å²) in [7, 11) is 0. The van der Waals surface area contributed by atoms with Crippen LogP contribution in [0.4, 0.5) is 10.5 Å². The minimum absolute atomic E-state index is 0.0645. The minimum Gasteiger partial charge on any atom is -0.389 e. The molecule has 5 nitrogen and oxygen atoms in total. The average Bonchev–Trinajstić information content (AvgIpc) is 2.79. The quantitative estimate of drug-likeness (QED) is 0.793. The fraction of sp³-hybridized carbons (Fsp3) is 0.429. The van der Waals surface area contributed by atoms with Crippen LogP contribution in [0.5, 0.6) is 0 Å². The van der Waals surface area contributed by atoms with Crippen molar-refractivity contribution in [1.29, 1.82) is 0 Å². The van der Waals surface area contributed by atoms with Gasteiger partial charge in [-0.25, -0.2) is 4.79 Å². The van der Waals surface area contributed by atoms with Crippen molar-refractivity contribution in [3.63, 3.8) is 0 Å². The number of carbonyl (C=O) groups excluding carboxylic acids is 1. The third-order valence-corrected chi connectivity index (χ3v) is 4.29. The number of nitrogens with one attached hydrogen (secondary N) is 1. The number of hydrogen-bond acceptors (Lipinski definition) is 3. The van der Waals surface area contributed by atoms with Gasteiger partial charge in [-0.05, 0) is 30.7 Å². The predicted molar refractivity (Wildman–Crippen MR) is 83.2 cm³/mol. The van der Waals surface area contributed by atoms with Crippen LogP contribution >= 0.6 is 12.2 Å². The minimum atomic E-state index is 0.0645. The summed E-state index contributed by atoms with van der Waals surface area (Å²) in [6, 6.07) is 6.49. The van der Waals surface area contributed by atoms with Gasteiger partial charge in [-0.1, -0.05) is 12.2 Å². The summed E-state index contributed by atoms with van der Waals surface area (Å²) in [6.45, 7) is 5.25. The molecule has 2 saturated heterocycles. The molecule has 2 fully saturated rings. The molecule has 3 N–H and O–H groups in total. The Morgan fingerprint density at radius 1 is 1.45 bits per heavy atom. The van der Waals surface area contributed by atoms with Gasteiger partial charge in [0.25, 0.3) is 0 Å². The van der Waals surface area contributed by atoms with Crippen molar-refractivity contribution in [2.75, 3.05) is 31.1 Å². The van der Waals surface area contributed by atoms with Gasteiger partial charge in [0.15, 0.2) is 0 Å². The number of hydrogen-bond donors (Lipinski definition) is 2. The highest BCUT2D eigenvalue weighted by molar-refractivity contribution is 7.80. The summed E-state index contributed by atoms with van der Waals surface area (Å²) in [5.41, 5.74) is 8.89. The Kier molecular flexibility index (Phi) is 3.25. The lowest BCUT2D eigenvalue weighted by Crippen LogP contribution is -2.52. The summed E-state index contributed by atoms with van der Waals surface area (Å²) in [5.74, 6) is 0. The molecule has 1 unspecified atom stereocenters. The van der Waals surface area contributed by atoms with Crippen LogP contribution in [-0.2, 0) is 0 Å². The highest BCUT2D eigenvalue weighted by Gasteiger charge is 2.35. The fourth-order valence-corrected chi connectivity index (χ4v) is 3.19. The number of thiocarbonyl (C=S) groups is 1. The molecule has 2 aliphatic heterocycles. The number of nitrogens with zero attached hydrogens (tertiary/aromatic N) is 2. The topological polar surface area (TPSA) is 61.6 Å². The summed E-state index contributed by atoms with van der Waals surface area (Å²) in [5, 5.41) is 2.90. The molecule has 6 heteroatoms. The second-order valence-corrected chi connectivity index (χ2v) is 5.78. The Labute approximate surface area is 123 Å². The molecule has 106 valence electrons. The molecular formula is C14H18N4OS. The van der Waals surface area contributed by atoms with Crippen LogP contribution in [-0.4, -0.2) is 48.1 Å². The highest BCUT2D eigenvalue weighted by atomic mass is 32.1. The summed E-state index contributed by atoms with van der Waals surface area (Å²) < 4.78 is 0. The van der Waals surface area contributed by atoms with E-state index in [0.29, 0.717) is 4.99 Å². The predicted octanol–water partition coefficient (Wildman–Crippen LogP) is 0.843. The second-order valence-electron chi connectivity index (χ2n) is 5.34. The van der Waals surface area contributed by atoms with Gasteiger partial charge in [0.2, 0.25) is 0 Å². The third-order valence-electron chi connectivity index (χ3n) is 4.07. The maximum Gasteiger partial charge on any atom is 0.317 e. The molecule has 1 atom stereocenters. The van der Waals surface area contributed by atoms with E-state index in [1.165, 1.54) is 5.69 Å². The van der Waals surface area contributed by atoms with Gasteiger partial charge < -0.3 is 20.9 Å². The lowest BCUT2D eigenvalue weighted by molar-refractivity contribution is 0.197. The SMILES string of the molecule is Cc1cc(N2CCN3C(=O)NCC3C2)ccc1C(N)=S. The van der Waals surface area contributed by atoms with Gasteiger partial charge in [0, 0.05) is 37.4 Å². The molecule has 0 saturated carbocycles. The van der Waals surface area contributed by atoms with E-state index in [2.05, 4.69) is 22.3 Å². The number of benzene rings is 1. The Morgan fingerprint density at radius 2 is 2.25 bits per heavy atom. The third kappa shape index (κ3) is 2.20. The normalized spacial score (nSPS) is 21.6. The first-order valence-corrected chi connectivity index (χ1v) is 7.17. The maximum absolute atomic E-state index is 11.6. The maximum atomic E-state index is 11.6. The molecule has 0 radical (unpaired) electrons. The van der Waals surface area contributed by atoms with Crippen molar-refractivity contribution in [1.82, 2.24) is 10.2 Å². The van der Waals surface area contributed by atoms with E-state index < -0.39 is 0 Å². The number of aryl methyl sites for hydroxylation is 1. The first-order chi connectivity index (χ1) is 9.56. The summed E-state index contributed by atoms with van der Waals surface area (Å²) in [4.78, 5) is 16.3. The number of fused-ring (bicyclic) bond motifs is 1. The Balaban J connectivity index is 1.79. The van der Waals surface area contributed by atoms with E-state index in [1.807, 2.05) is 17.9 Å². The van der Waals surface area contributed by atoms with Crippen LogP contribution in [0.25, 0.3) is 0 Å². The number of anilines is 1. The average molecular weight is 290 g/mol. The molecule has 0 bridgehead atoms. The first kappa shape index (κ1) is 13.2. The van der Waals surface area contributed by atoms with Crippen LogP contribution < -0.4 is 16.0 Å². The number of rotatable bonds is 2. The Hall–Kier alpha value is -1.82. The molecule has 2 amide bonds. The number of piperazine rings is 1. The zero-order valence-electron chi connectivity index (χ0n) is 11.4. The van der Waals surface area contributed by atoms with Crippen molar-refractivity contribution in [3.05, 3.63) is 29.3 Å². The molecule has 2 aliphatic rings. The largest absolute Gasteiger partial charge is 0.389 e. The van der Waals surface area contributed by atoms with Crippen LogP contribution in [0, 0.1) is 6.92 Å². The zero-order chi connectivity index (χ0) is 14.3. The van der Waals surface area contributed by atoms with Gasteiger partial charge in [-0.15, -0.1) is 0 Å². The smallest absolute Gasteiger partial charge is 0.317 e. The lowest BCUT2D eigenvalue weighted by atomic mass is 10.1. The number of nitrogens with two attached hydrogens (primary N) is 1. The zero-order valence-corrected chi connectivity index (χ0v) is 12.2. The van der Waals surface area contributed by atoms with Crippen LogP contribution in [0.2, 0.25) is 0 Å². The van der Waals surface area contributed by atoms with E-state index in [4.69, 9.17) is 18.0 Å². The van der Waals surface area contributed by atoms with Crippen molar-refractivity contribution in [2.45, 2.75) is 13.0 Å². The fourth-order valence-electron chi connectivity index (χ4n) is 2.96. The van der Waals surface area contributed by atoms with E-state index in [1.54, 1.807) is 0 Å². The molecule has 0 aromatic heterocycles. The van der Waals surface area contributed by atoms with Gasteiger partial charge in [-0.2, -0.15) is 0 Å². The van der Waals surface area contributed by atoms with Gasteiger partial charge in [-0.3, -0.25) is 0 Å². The lowest BCUT2D eigenvalue weighted by Gasteiger charge is -2.38. The van der Waals surface area contributed by atoms with Gasteiger partial charge >= 0.3 is 6.03 Å². The van der Waals surface area contributed by atoms with Crippen LogP contribution in [0.1, 0.15) is 11.1 Å². The second kappa shape index (κ2) is 4.94. The molecule has 2 heterocycles. The van der Waals surface area contributed by atoms with Crippen molar-refractivity contribution >= 4 is 28.9 Å². The Morgan fingerprint density at radius 3 is 2.95 bits per heavy atom. The molecule has 0 spiro atoms. The highest BCUT2D eigenvalue weighted by Crippen LogP contribution is 2.23. The molecule has 3 rings (SSSR count). The van der Waals surface area contributed by atoms with Crippen LogP contribution in [0.3, 0.4) is 0 Å². The van der Waals surface area contributed by atoms with Crippen LogP contribution in [0.15, 0.2) is 18.2 Å². The summed E-state index contributed by atoms with van der Waals surface area (Å²) >= 11 is 5.04. The van der Waals surface area contributed by atoms with E-state index in [-0.39, 0.29) is 12.1 Å². The standard InChI is InChI=1S/C14H18N4OS/c1-9-6-10(2-3-12(9)13(15)20)17-4-5-18-11(8-17)7-16-14(18)19/h2-3,6,11H,4-5,7-8H2,1H3,(H2,15,20)(H,16,19). The first-order valence-electron chi connectivity index (χ1n) is 6.76. The Bertz CT molecular complexity index is 574. The van der Waals surface area contributed by atoms with Crippen molar-refractivity contribution in [2.24, 2.45) is 5.73 Å². The monoisotopic (exact) mass is 290 g/mol. The van der Waals surface area contributed by atoms with E-state index >= 15 is 0 Å². The van der Waals surface area contributed by atoms with Crippen molar-refractivity contribution < 1.29 is 4.79 Å². The summed E-state index contributed by atoms with van der Waals surface area (Å²) in [6.07, 6.45) is 0. The number of amides is 2. The van der Waals surface area contributed by atoms with Gasteiger partial charge in [0.1, 0.15) is 4.99 Å². The van der Waals surface area contributed by atoms with Gasteiger partial charge in [0.05, 0.1) is 6.04 Å². The molecule has 1 aromatic rings. The molecular weight excluding hydrogens is 272 g/mol. The molecule has 20 heavy (non-hydrogen) atoms. The van der Waals surface area contributed by atoms with E-state index in [9.17, 15) is 4.79 Å². The van der Waals surface area contributed by atoms with Crippen molar-refractivity contribution in [3.8, 4) is 0 Å². The molecule has 0 aliphatic carbocycles. The molecule has 1 aromatic carbocycles.